The summed E-state index contributed by atoms with van der Waals surface area (Å²) in [6.45, 7) is 0.394. The number of aryl methyl sites for hydroxylation is 1. The average molecular weight is 201 g/mol. The molecule has 2 N–H and O–H groups in total. The molecule has 0 amide bonds. The van der Waals surface area contributed by atoms with Gasteiger partial charge < -0.3 is 5.11 Å². The van der Waals surface area contributed by atoms with Gasteiger partial charge in [0.15, 0.2) is 0 Å². The van der Waals surface area contributed by atoms with E-state index in [4.69, 9.17) is 6.42 Å². The van der Waals surface area contributed by atoms with Crippen molar-refractivity contribution in [3.8, 4) is 12.3 Å². The van der Waals surface area contributed by atoms with E-state index in [-0.39, 0.29) is 0 Å². The van der Waals surface area contributed by atoms with Crippen molar-refractivity contribution in [1.82, 2.24) is 5.32 Å². The molecule has 1 aromatic rings. The van der Waals surface area contributed by atoms with Crippen molar-refractivity contribution in [1.29, 1.82) is 0 Å². The van der Waals surface area contributed by atoms with Crippen LogP contribution in [0.1, 0.15) is 24.0 Å². The van der Waals surface area contributed by atoms with E-state index in [0.29, 0.717) is 6.54 Å². The number of rotatable bonds is 2. The molecule has 0 radical (unpaired) electrons. The molecule has 1 aliphatic rings. The zero-order valence-electron chi connectivity index (χ0n) is 8.66. The van der Waals surface area contributed by atoms with Crippen LogP contribution in [0.4, 0.5) is 0 Å². The maximum Gasteiger partial charge on any atom is 0.143 e. The fourth-order valence-corrected chi connectivity index (χ4v) is 2.19. The van der Waals surface area contributed by atoms with Gasteiger partial charge in [-0.25, -0.2) is 0 Å². The van der Waals surface area contributed by atoms with E-state index in [1.165, 1.54) is 5.56 Å². The Labute approximate surface area is 90.3 Å². The first-order chi connectivity index (χ1) is 7.26. The fourth-order valence-electron chi connectivity index (χ4n) is 2.19. The van der Waals surface area contributed by atoms with Crippen molar-refractivity contribution >= 4 is 0 Å². The maximum absolute atomic E-state index is 10.4. The zero-order valence-corrected chi connectivity index (χ0v) is 8.66. The predicted octanol–water partition coefficient (Wildman–Crippen LogP) is 1.39. The minimum atomic E-state index is -0.929. The fraction of sp³-hybridized carbons (Fsp3) is 0.385. The van der Waals surface area contributed by atoms with Gasteiger partial charge in [0, 0.05) is 5.56 Å². The number of hydrogen-bond donors (Lipinski definition) is 2. The Morgan fingerprint density at radius 2 is 2.27 bits per heavy atom. The second-order valence-corrected chi connectivity index (χ2v) is 3.93. The van der Waals surface area contributed by atoms with Gasteiger partial charge in [0.05, 0.1) is 6.54 Å². The molecule has 0 fully saturated rings. The molecule has 0 spiro atoms. The van der Waals surface area contributed by atoms with Crippen LogP contribution in [0.15, 0.2) is 24.3 Å². The lowest BCUT2D eigenvalue weighted by Crippen LogP contribution is -2.45. The standard InChI is InChI=1S/C13H15NO/c1-2-10-14-13(15)9-5-7-11-6-3-4-8-12(11)13/h1,3-4,6,8,14-15H,5,7,9-10H2. The molecule has 2 nitrogen and oxygen atoms in total. The van der Waals surface area contributed by atoms with E-state index in [1.54, 1.807) is 0 Å². The predicted molar refractivity (Wildman–Crippen MR) is 60.1 cm³/mol. The number of nitrogens with one attached hydrogen (secondary N) is 1. The molecule has 0 heterocycles. The first-order valence-corrected chi connectivity index (χ1v) is 5.25. The van der Waals surface area contributed by atoms with Crippen LogP contribution in [0.2, 0.25) is 0 Å². The second-order valence-electron chi connectivity index (χ2n) is 3.93. The molecule has 2 heteroatoms. The van der Waals surface area contributed by atoms with Gasteiger partial charge in [-0.15, -0.1) is 6.42 Å². The van der Waals surface area contributed by atoms with E-state index in [1.807, 2.05) is 18.2 Å². The lowest BCUT2D eigenvalue weighted by molar-refractivity contribution is -0.0122. The van der Waals surface area contributed by atoms with Crippen LogP contribution in [0.5, 0.6) is 0 Å². The summed E-state index contributed by atoms with van der Waals surface area (Å²) in [6.07, 6.45) is 7.96. The summed E-state index contributed by atoms with van der Waals surface area (Å²) in [4.78, 5) is 0. The van der Waals surface area contributed by atoms with Crippen LogP contribution in [0.25, 0.3) is 0 Å². The molecule has 0 saturated carbocycles. The van der Waals surface area contributed by atoms with Gasteiger partial charge in [0.1, 0.15) is 5.72 Å². The van der Waals surface area contributed by atoms with Crippen molar-refractivity contribution in [3.63, 3.8) is 0 Å². The number of fused-ring (bicyclic) bond motifs is 1. The Morgan fingerprint density at radius 1 is 1.47 bits per heavy atom. The Bertz CT molecular complexity index is 394. The van der Waals surface area contributed by atoms with Crippen LogP contribution in [-0.4, -0.2) is 11.7 Å². The molecule has 1 atom stereocenters. The third-order valence-corrected chi connectivity index (χ3v) is 2.93. The summed E-state index contributed by atoms with van der Waals surface area (Å²) in [5, 5.41) is 13.5. The topological polar surface area (TPSA) is 32.3 Å². The molecule has 0 aromatic heterocycles. The normalized spacial score (nSPS) is 24.3. The first kappa shape index (κ1) is 10.2. The monoisotopic (exact) mass is 201 g/mol. The minimum Gasteiger partial charge on any atom is -0.372 e. The third-order valence-electron chi connectivity index (χ3n) is 2.93. The lowest BCUT2D eigenvalue weighted by Gasteiger charge is -2.34. The number of terminal acetylenes is 1. The van der Waals surface area contributed by atoms with Gasteiger partial charge in [0.25, 0.3) is 0 Å². The smallest absolute Gasteiger partial charge is 0.143 e. The van der Waals surface area contributed by atoms with Gasteiger partial charge in [-0.1, -0.05) is 30.2 Å². The van der Waals surface area contributed by atoms with Gasteiger partial charge in [-0.3, -0.25) is 5.32 Å². The molecule has 0 bridgehead atoms. The highest BCUT2D eigenvalue weighted by molar-refractivity contribution is 5.34. The van der Waals surface area contributed by atoms with Crippen molar-refractivity contribution in [2.45, 2.75) is 25.0 Å². The number of hydrogen-bond acceptors (Lipinski definition) is 2. The van der Waals surface area contributed by atoms with Crippen molar-refractivity contribution < 1.29 is 5.11 Å². The molecule has 78 valence electrons. The molecule has 0 aliphatic heterocycles. The first-order valence-electron chi connectivity index (χ1n) is 5.25. The molecule has 15 heavy (non-hydrogen) atoms. The van der Waals surface area contributed by atoms with E-state index < -0.39 is 5.72 Å². The van der Waals surface area contributed by atoms with E-state index in [0.717, 1.165) is 24.8 Å². The molecular formula is C13H15NO. The van der Waals surface area contributed by atoms with Crippen LogP contribution < -0.4 is 5.32 Å². The van der Waals surface area contributed by atoms with Gasteiger partial charge >= 0.3 is 0 Å². The van der Waals surface area contributed by atoms with Crippen molar-refractivity contribution in [3.05, 3.63) is 35.4 Å². The highest BCUT2D eigenvalue weighted by Gasteiger charge is 2.32. The average Bonchev–Trinajstić information content (AvgIpc) is 2.27. The minimum absolute atomic E-state index is 0.394. The SMILES string of the molecule is C#CCNC1(O)CCCc2ccccc21. The summed E-state index contributed by atoms with van der Waals surface area (Å²) in [5.74, 6) is 2.50. The van der Waals surface area contributed by atoms with Crippen LogP contribution in [0, 0.1) is 12.3 Å². The van der Waals surface area contributed by atoms with Crippen molar-refractivity contribution in [2.75, 3.05) is 6.54 Å². The Hall–Kier alpha value is -1.30. The molecule has 1 aromatic carbocycles. The molecule has 0 saturated heterocycles. The summed E-state index contributed by atoms with van der Waals surface area (Å²) in [6, 6.07) is 7.99. The summed E-state index contributed by atoms with van der Waals surface area (Å²) >= 11 is 0. The quantitative estimate of drug-likeness (QED) is 0.560. The van der Waals surface area contributed by atoms with E-state index in [2.05, 4.69) is 17.3 Å². The lowest BCUT2D eigenvalue weighted by atomic mass is 9.85. The zero-order chi connectivity index (χ0) is 10.7. The highest BCUT2D eigenvalue weighted by atomic mass is 16.3. The molecular weight excluding hydrogens is 186 g/mol. The summed E-state index contributed by atoms with van der Waals surface area (Å²) < 4.78 is 0. The van der Waals surface area contributed by atoms with Crippen LogP contribution >= 0.6 is 0 Å². The Balaban J connectivity index is 2.32. The molecule has 1 unspecified atom stereocenters. The Kier molecular flexibility index (Phi) is 2.77. The van der Waals surface area contributed by atoms with Crippen LogP contribution in [-0.2, 0) is 12.1 Å². The van der Waals surface area contributed by atoms with E-state index in [9.17, 15) is 5.11 Å². The number of benzene rings is 1. The number of aliphatic hydroxyl groups is 1. The highest BCUT2D eigenvalue weighted by Crippen LogP contribution is 2.32. The van der Waals surface area contributed by atoms with Gasteiger partial charge in [0.2, 0.25) is 0 Å². The van der Waals surface area contributed by atoms with Gasteiger partial charge in [-0.05, 0) is 24.8 Å². The van der Waals surface area contributed by atoms with Crippen LogP contribution in [0.3, 0.4) is 0 Å². The van der Waals surface area contributed by atoms with Gasteiger partial charge in [-0.2, -0.15) is 0 Å². The summed E-state index contributed by atoms with van der Waals surface area (Å²) in [5.41, 5.74) is 1.27. The maximum atomic E-state index is 10.4. The third kappa shape index (κ3) is 1.90. The Morgan fingerprint density at radius 3 is 3.07 bits per heavy atom. The van der Waals surface area contributed by atoms with E-state index >= 15 is 0 Å². The van der Waals surface area contributed by atoms with Crippen molar-refractivity contribution in [2.24, 2.45) is 0 Å². The molecule has 2 rings (SSSR count). The second kappa shape index (κ2) is 4.06. The summed E-state index contributed by atoms with van der Waals surface area (Å²) in [7, 11) is 0. The molecule has 1 aliphatic carbocycles. The largest absolute Gasteiger partial charge is 0.372 e.